The molecule has 122 valence electrons. The molecule has 2 nitrogen and oxygen atoms in total. The Hall–Kier alpha value is -1.18. The fourth-order valence-corrected chi connectivity index (χ4v) is 5.18. The predicted molar refractivity (Wildman–Crippen MR) is 90.5 cm³/mol. The maximum atomic E-state index is 12.4. The van der Waals surface area contributed by atoms with Gasteiger partial charge in [0.25, 0.3) is 0 Å². The van der Waals surface area contributed by atoms with E-state index in [0.717, 1.165) is 37.5 Å². The lowest BCUT2D eigenvalue weighted by molar-refractivity contribution is -0.136. The quantitative estimate of drug-likeness (QED) is 0.421. The Bertz CT molecular complexity index is 524. The lowest BCUT2D eigenvalue weighted by atomic mass is 9.48. The van der Waals surface area contributed by atoms with Crippen LogP contribution in [0.4, 0.5) is 0 Å². The molecule has 0 aliphatic heterocycles. The number of aldehydes is 1. The maximum absolute atomic E-state index is 12.4. The monoisotopic (exact) mass is 302 g/mol. The van der Waals surface area contributed by atoms with Crippen LogP contribution < -0.4 is 0 Å². The smallest absolute Gasteiger partial charge is 0.142 e. The highest BCUT2D eigenvalue weighted by molar-refractivity contribution is 5.81. The summed E-state index contributed by atoms with van der Waals surface area (Å²) in [5.41, 5.74) is 2.73. The second-order valence-electron chi connectivity index (χ2n) is 8.36. The van der Waals surface area contributed by atoms with Crippen LogP contribution in [-0.2, 0) is 9.59 Å². The van der Waals surface area contributed by atoms with Crippen molar-refractivity contribution < 1.29 is 9.59 Å². The van der Waals surface area contributed by atoms with Crippen molar-refractivity contribution in [3.05, 3.63) is 23.3 Å². The summed E-state index contributed by atoms with van der Waals surface area (Å²) in [6.45, 7) is 11.1. The van der Waals surface area contributed by atoms with Crippen molar-refractivity contribution in [2.75, 3.05) is 0 Å². The van der Waals surface area contributed by atoms with Gasteiger partial charge in [-0.05, 0) is 61.9 Å². The summed E-state index contributed by atoms with van der Waals surface area (Å²) < 4.78 is 0. The van der Waals surface area contributed by atoms with Gasteiger partial charge in [0, 0.05) is 12.8 Å². The van der Waals surface area contributed by atoms with E-state index in [1.807, 2.05) is 6.92 Å². The van der Waals surface area contributed by atoms with Crippen LogP contribution in [0.3, 0.4) is 0 Å². The summed E-state index contributed by atoms with van der Waals surface area (Å²) in [6, 6.07) is 0. The molecule has 0 heterocycles. The molecule has 0 N–H and O–H groups in total. The van der Waals surface area contributed by atoms with Crippen LogP contribution in [-0.4, -0.2) is 12.1 Å². The third kappa shape index (κ3) is 3.11. The Morgan fingerprint density at radius 3 is 2.64 bits per heavy atom. The van der Waals surface area contributed by atoms with Gasteiger partial charge in [0.2, 0.25) is 0 Å². The molecule has 0 radical (unpaired) electrons. The van der Waals surface area contributed by atoms with Crippen molar-refractivity contribution in [1.82, 2.24) is 0 Å². The largest absolute Gasteiger partial charge is 0.300 e. The summed E-state index contributed by atoms with van der Waals surface area (Å²) in [5.74, 6) is 1.44. The van der Waals surface area contributed by atoms with Crippen LogP contribution in [0.15, 0.2) is 23.3 Å². The molecule has 0 spiro atoms. The summed E-state index contributed by atoms with van der Waals surface area (Å²) in [5, 5.41) is 0. The molecule has 0 aromatic heterocycles. The van der Waals surface area contributed by atoms with Gasteiger partial charge in [-0.25, -0.2) is 0 Å². The molecule has 1 saturated carbocycles. The zero-order valence-corrected chi connectivity index (χ0v) is 14.7. The summed E-state index contributed by atoms with van der Waals surface area (Å²) >= 11 is 0. The van der Waals surface area contributed by atoms with Gasteiger partial charge in [0.1, 0.15) is 12.1 Å². The number of hydrogen-bond donors (Lipinski definition) is 0. The van der Waals surface area contributed by atoms with Crippen molar-refractivity contribution >= 4 is 12.1 Å². The fraction of sp³-hybridized carbons (Fsp3) is 0.700. The van der Waals surface area contributed by atoms with Gasteiger partial charge in [-0.2, -0.15) is 0 Å². The molecule has 2 heteroatoms. The second-order valence-corrected chi connectivity index (χ2v) is 8.36. The third-order valence-corrected chi connectivity index (χ3v) is 6.17. The van der Waals surface area contributed by atoms with E-state index in [1.54, 1.807) is 6.08 Å². The zero-order chi connectivity index (χ0) is 16.5. The van der Waals surface area contributed by atoms with Crippen LogP contribution in [0.1, 0.15) is 66.7 Å². The van der Waals surface area contributed by atoms with Gasteiger partial charge in [-0.15, -0.1) is 0 Å². The average Bonchev–Trinajstić information content (AvgIpc) is 2.35. The molecule has 0 saturated heterocycles. The van der Waals surface area contributed by atoms with Gasteiger partial charge in [-0.3, -0.25) is 9.59 Å². The summed E-state index contributed by atoms with van der Waals surface area (Å²) in [7, 11) is 0. The molecule has 2 aliphatic carbocycles. The topological polar surface area (TPSA) is 34.1 Å². The first-order chi connectivity index (χ1) is 10.2. The highest BCUT2D eigenvalue weighted by Crippen LogP contribution is 2.59. The average molecular weight is 302 g/mol. The van der Waals surface area contributed by atoms with Crippen LogP contribution in [0.25, 0.3) is 0 Å². The number of carbonyl (C=O) groups is 2. The van der Waals surface area contributed by atoms with E-state index >= 15 is 0 Å². The Labute approximate surface area is 135 Å². The normalized spacial score (nSPS) is 34.9. The Morgan fingerprint density at radius 2 is 2.00 bits per heavy atom. The number of fused-ring (bicyclic) bond motifs is 1. The number of ketones is 1. The molecule has 1 fully saturated rings. The molecule has 2 aliphatic rings. The second kappa shape index (κ2) is 6.14. The van der Waals surface area contributed by atoms with Gasteiger partial charge in [0.05, 0.1) is 0 Å². The number of rotatable bonds is 4. The van der Waals surface area contributed by atoms with Crippen molar-refractivity contribution in [2.24, 2.45) is 22.7 Å². The van der Waals surface area contributed by atoms with E-state index in [2.05, 4.69) is 33.8 Å². The lowest BCUT2D eigenvalue weighted by Crippen LogP contribution is -2.51. The SMILES string of the molecule is CC1=CC[C@@H]2C(C)(C)CC(=O)C[C@]2(C)[C@@H]1CC/C(C)=C/C=O. The summed E-state index contributed by atoms with van der Waals surface area (Å²) in [6.07, 6.45) is 9.44. The molecule has 0 amide bonds. The minimum atomic E-state index is 0.0686. The van der Waals surface area contributed by atoms with E-state index in [4.69, 9.17) is 0 Å². The maximum Gasteiger partial charge on any atom is 0.142 e. The van der Waals surface area contributed by atoms with Gasteiger partial charge in [-0.1, -0.05) is 38.0 Å². The number of Topliss-reactive ketones (excluding diaryl/α,β-unsaturated/α-hetero) is 1. The Morgan fingerprint density at radius 1 is 1.32 bits per heavy atom. The first kappa shape index (κ1) is 17.2. The third-order valence-electron chi connectivity index (χ3n) is 6.17. The predicted octanol–water partition coefficient (Wildman–Crippen LogP) is 4.89. The fourth-order valence-electron chi connectivity index (χ4n) is 5.18. The zero-order valence-electron chi connectivity index (χ0n) is 14.7. The molecule has 3 atom stereocenters. The van der Waals surface area contributed by atoms with Gasteiger partial charge in [0.15, 0.2) is 0 Å². The minimum absolute atomic E-state index is 0.0686. The number of carbonyl (C=O) groups excluding carboxylic acids is 2. The lowest BCUT2D eigenvalue weighted by Gasteiger charge is -2.56. The van der Waals surface area contributed by atoms with E-state index in [0.29, 0.717) is 24.0 Å². The first-order valence-electron chi connectivity index (χ1n) is 8.50. The minimum Gasteiger partial charge on any atom is -0.300 e. The van der Waals surface area contributed by atoms with E-state index in [9.17, 15) is 9.59 Å². The first-order valence-corrected chi connectivity index (χ1v) is 8.50. The standard InChI is InChI=1S/C20H30O2/c1-14(10-11-21)6-8-17-15(2)7-9-18-19(3,4)12-16(22)13-20(17,18)5/h7,10-11,17-18H,6,8-9,12-13H2,1-5H3/b14-10+/t17-,18-,20-/m1/s1. The molecule has 0 unspecified atom stereocenters. The highest BCUT2D eigenvalue weighted by Gasteiger charge is 2.53. The van der Waals surface area contributed by atoms with E-state index in [-0.39, 0.29) is 10.8 Å². The van der Waals surface area contributed by atoms with Crippen molar-refractivity contribution in [2.45, 2.75) is 66.7 Å². The van der Waals surface area contributed by atoms with E-state index in [1.165, 1.54) is 5.57 Å². The molecule has 0 aromatic rings. The van der Waals surface area contributed by atoms with Crippen LogP contribution in [0.5, 0.6) is 0 Å². The summed E-state index contributed by atoms with van der Waals surface area (Å²) in [4.78, 5) is 23.0. The van der Waals surface area contributed by atoms with Gasteiger partial charge >= 0.3 is 0 Å². The van der Waals surface area contributed by atoms with Crippen LogP contribution in [0, 0.1) is 22.7 Å². The number of allylic oxidation sites excluding steroid dienone is 4. The van der Waals surface area contributed by atoms with Crippen molar-refractivity contribution in [1.29, 1.82) is 0 Å². The molecule has 22 heavy (non-hydrogen) atoms. The van der Waals surface area contributed by atoms with Gasteiger partial charge < -0.3 is 0 Å². The molecule has 0 bridgehead atoms. The van der Waals surface area contributed by atoms with Crippen molar-refractivity contribution in [3.8, 4) is 0 Å². The molecule has 2 rings (SSSR count). The Balaban J connectivity index is 2.29. The van der Waals surface area contributed by atoms with Crippen LogP contribution >= 0.6 is 0 Å². The molecular weight excluding hydrogens is 272 g/mol. The highest BCUT2D eigenvalue weighted by atomic mass is 16.1. The van der Waals surface area contributed by atoms with E-state index < -0.39 is 0 Å². The number of hydrogen-bond acceptors (Lipinski definition) is 2. The molecule has 0 aromatic carbocycles. The van der Waals surface area contributed by atoms with Crippen molar-refractivity contribution in [3.63, 3.8) is 0 Å². The van der Waals surface area contributed by atoms with Crippen LogP contribution in [0.2, 0.25) is 0 Å². The Kier molecular flexibility index (Phi) is 4.79. The molecular formula is C20H30O2.